The first kappa shape index (κ1) is 12.0. The molecule has 0 aliphatic carbocycles. The summed E-state index contributed by atoms with van der Waals surface area (Å²) in [6.07, 6.45) is 3.43. The van der Waals surface area contributed by atoms with Crippen LogP contribution >= 0.6 is 15.9 Å². The SMILES string of the molecule is Fc1ccc(-c2cc(-c3ccn[nH]3)c(Br)cn2)cc1. The zero-order valence-corrected chi connectivity index (χ0v) is 11.4. The lowest BCUT2D eigenvalue weighted by molar-refractivity contribution is 0.628. The van der Waals surface area contributed by atoms with Crippen LogP contribution in [0.25, 0.3) is 22.5 Å². The summed E-state index contributed by atoms with van der Waals surface area (Å²) in [4.78, 5) is 4.35. The third-order valence-corrected chi connectivity index (χ3v) is 3.42. The van der Waals surface area contributed by atoms with Crippen LogP contribution < -0.4 is 0 Å². The number of aromatic nitrogens is 3. The van der Waals surface area contributed by atoms with Crippen molar-refractivity contribution in [3.05, 3.63) is 59.1 Å². The zero-order chi connectivity index (χ0) is 13.2. The first-order valence-electron chi connectivity index (χ1n) is 5.65. The molecule has 0 aliphatic rings. The summed E-state index contributed by atoms with van der Waals surface area (Å²) < 4.78 is 13.8. The smallest absolute Gasteiger partial charge is 0.123 e. The fourth-order valence-corrected chi connectivity index (χ4v) is 2.26. The second-order valence-corrected chi connectivity index (χ2v) is 4.88. The average Bonchev–Trinajstić information content (AvgIpc) is 2.94. The van der Waals surface area contributed by atoms with Gasteiger partial charge in [0.1, 0.15) is 5.82 Å². The van der Waals surface area contributed by atoms with Crippen LogP contribution in [0.3, 0.4) is 0 Å². The van der Waals surface area contributed by atoms with E-state index in [1.807, 2.05) is 12.1 Å². The van der Waals surface area contributed by atoms with E-state index in [0.29, 0.717) is 0 Å². The van der Waals surface area contributed by atoms with Crippen LogP contribution in [0, 0.1) is 5.82 Å². The molecule has 94 valence electrons. The third-order valence-electron chi connectivity index (χ3n) is 2.79. The number of nitrogens with zero attached hydrogens (tertiary/aromatic N) is 2. The van der Waals surface area contributed by atoms with Crippen LogP contribution in [-0.4, -0.2) is 15.2 Å². The molecule has 19 heavy (non-hydrogen) atoms. The number of nitrogens with one attached hydrogen (secondary N) is 1. The Morgan fingerprint density at radius 3 is 2.58 bits per heavy atom. The van der Waals surface area contributed by atoms with E-state index in [-0.39, 0.29) is 5.82 Å². The maximum absolute atomic E-state index is 12.9. The number of H-pyrrole nitrogens is 1. The molecule has 2 aromatic heterocycles. The minimum absolute atomic E-state index is 0.255. The second-order valence-electron chi connectivity index (χ2n) is 4.03. The van der Waals surface area contributed by atoms with E-state index in [9.17, 15) is 4.39 Å². The molecular weight excluding hydrogens is 309 g/mol. The molecule has 3 nitrogen and oxygen atoms in total. The van der Waals surface area contributed by atoms with E-state index in [0.717, 1.165) is 27.0 Å². The highest BCUT2D eigenvalue weighted by atomic mass is 79.9. The van der Waals surface area contributed by atoms with Crippen molar-refractivity contribution in [2.75, 3.05) is 0 Å². The fraction of sp³-hybridized carbons (Fsp3) is 0. The topological polar surface area (TPSA) is 41.6 Å². The van der Waals surface area contributed by atoms with Gasteiger partial charge in [-0.05, 0) is 52.3 Å². The molecule has 1 aromatic carbocycles. The molecule has 0 atom stereocenters. The van der Waals surface area contributed by atoms with Gasteiger partial charge in [0.2, 0.25) is 0 Å². The van der Waals surface area contributed by atoms with E-state index in [1.54, 1.807) is 24.5 Å². The van der Waals surface area contributed by atoms with Crippen molar-refractivity contribution < 1.29 is 4.39 Å². The Bertz CT molecular complexity index is 693. The van der Waals surface area contributed by atoms with E-state index in [2.05, 4.69) is 31.1 Å². The molecule has 0 bridgehead atoms. The summed E-state index contributed by atoms with van der Waals surface area (Å²) in [5, 5.41) is 6.85. The minimum atomic E-state index is -0.255. The lowest BCUT2D eigenvalue weighted by atomic mass is 10.1. The molecule has 0 spiro atoms. The van der Waals surface area contributed by atoms with E-state index in [4.69, 9.17) is 0 Å². The molecule has 5 heteroatoms. The van der Waals surface area contributed by atoms with Crippen molar-refractivity contribution in [2.24, 2.45) is 0 Å². The average molecular weight is 318 g/mol. The molecule has 3 rings (SSSR count). The molecule has 0 unspecified atom stereocenters. The minimum Gasteiger partial charge on any atom is -0.278 e. The highest BCUT2D eigenvalue weighted by Gasteiger charge is 2.08. The Morgan fingerprint density at radius 2 is 1.89 bits per heavy atom. The first-order valence-corrected chi connectivity index (χ1v) is 6.44. The van der Waals surface area contributed by atoms with Crippen molar-refractivity contribution >= 4 is 15.9 Å². The quantitative estimate of drug-likeness (QED) is 0.775. The standard InChI is InChI=1S/C14H9BrFN3/c15-12-8-17-14(9-1-3-10(16)4-2-9)7-11(12)13-5-6-18-19-13/h1-8H,(H,18,19). The van der Waals surface area contributed by atoms with Crippen LogP contribution in [0.1, 0.15) is 0 Å². The number of hydrogen-bond acceptors (Lipinski definition) is 2. The summed E-state index contributed by atoms with van der Waals surface area (Å²) in [6, 6.07) is 10.1. The monoisotopic (exact) mass is 317 g/mol. The van der Waals surface area contributed by atoms with Gasteiger partial charge in [0.25, 0.3) is 0 Å². The number of hydrogen-bond donors (Lipinski definition) is 1. The lowest BCUT2D eigenvalue weighted by Crippen LogP contribution is -1.88. The number of benzene rings is 1. The summed E-state index contributed by atoms with van der Waals surface area (Å²) in [6.45, 7) is 0. The molecular formula is C14H9BrFN3. The van der Waals surface area contributed by atoms with E-state index >= 15 is 0 Å². The third kappa shape index (κ3) is 2.42. The largest absolute Gasteiger partial charge is 0.278 e. The Morgan fingerprint density at radius 1 is 1.11 bits per heavy atom. The van der Waals surface area contributed by atoms with Gasteiger partial charge in [-0.3, -0.25) is 10.1 Å². The van der Waals surface area contributed by atoms with Crippen LogP contribution in [0.4, 0.5) is 4.39 Å². The molecule has 0 fully saturated rings. The lowest BCUT2D eigenvalue weighted by Gasteiger charge is -2.06. The number of pyridine rings is 1. The van der Waals surface area contributed by atoms with Crippen molar-refractivity contribution in [3.63, 3.8) is 0 Å². The molecule has 0 radical (unpaired) electrons. The van der Waals surface area contributed by atoms with E-state index in [1.165, 1.54) is 12.1 Å². The number of aromatic amines is 1. The summed E-state index contributed by atoms with van der Waals surface area (Å²) in [7, 11) is 0. The van der Waals surface area contributed by atoms with Crippen molar-refractivity contribution in [1.82, 2.24) is 15.2 Å². The van der Waals surface area contributed by atoms with Crippen LogP contribution in [0.2, 0.25) is 0 Å². The van der Waals surface area contributed by atoms with Crippen molar-refractivity contribution in [3.8, 4) is 22.5 Å². The molecule has 3 aromatic rings. The van der Waals surface area contributed by atoms with E-state index < -0.39 is 0 Å². The molecule has 0 saturated heterocycles. The molecule has 2 heterocycles. The van der Waals surface area contributed by atoms with Gasteiger partial charge in [0.05, 0.1) is 11.4 Å². The predicted octanol–water partition coefficient (Wildman–Crippen LogP) is 4.04. The highest BCUT2D eigenvalue weighted by Crippen LogP contribution is 2.29. The fourth-order valence-electron chi connectivity index (χ4n) is 1.83. The second kappa shape index (κ2) is 4.93. The van der Waals surface area contributed by atoms with Gasteiger partial charge in [-0.25, -0.2) is 4.39 Å². The van der Waals surface area contributed by atoms with Gasteiger partial charge in [-0.2, -0.15) is 5.10 Å². The normalized spacial score (nSPS) is 10.6. The summed E-state index contributed by atoms with van der Waals surface area (Å²) >= 11 is 3.47. The van der Waals surface area contributed by atoms with Crippen LogP contribution in [-0.2, 0) is 0 Å². The van der Waals surface area contributed by atoms with Crippen LogP contribution in [0.5, 0.6) is 0 Å². The molecule has 0 aliphatic heterocycles. The first-order chi connectivity index (χ1) is 9.24. The van der Waals surface area contributed by atoms with Gasteiger partial charge < -0.3 is 0 Å². The molecule has 0 saturated carbocycles. The zero-order valence-electron chi connectivity index (χ0n) is 9.77. The number of rotatable bonds is 2. The van der Waals surface area contributed by atoms with Crippen molar-refractivity contribution in [2.45, 2.75) is 0 Å². The van der Waals surface area contributed by atoms with Gasteiger partial charge >= 0.3 is 0 Å². The van der Waals surface area contributed by atoms with Gasteiger partial charge in [0.15, 0.2) is 0 Å². The maximum atomic E-state index is 12.9. The molecule has 0 amide bonds. The Labute approximate surface area is 117 Å². The Kier molecular flexibility index (Phi) is 3.13. The van der Waals surface area contributed by atoms with Gasteiger partial charge in [-0.15, -0.1) is 0 Å². The van der Waals surface area contributed by atoms with Gasteiger partial charge in [0, 0.05) is 28.0 Å². The predicted molar refractivity (Wildman–Crippen MR) is 74.9 cm³/mol. The molecule has 1 N–H and O–H groups in total. The summed E-state index contributed by atoms with van der Waals surface area (Å²) in [5.41, 5.74) is 3.52. The summed E-state index contributed by atoms with van der Waals surface area (Å²) in [5.74, 6) is -0.255. The highest BCUT2D eigenvalue weighted by molar-refractivity contribution is 9.10. The van der Waals surface area contributed by atoms with Crippen molar-refractivity contribution in [1.29, 1.82) is 0 Å². The maximum Gasteiger partial charge on any atom is 0.123 e. The van der Waals surface area contributed by atoms with Crippen LogP contribution in [0.15, 0.2) is 53.3 Å². The Balaban J connectivity index is 2.09. The Hall–Kier alpha value is -2.01. The van der Waals surface area contributed by atoms with Gasteiger partial charge in [-0.1, -0.05) is 0 Å². The number of halogens is 2.